The Labute approximate surface area is 520 Å². The van der Waals surface area contributed by atoms with Gasteiger partial charge in [0.25, 0.3) is 0 Å². The third kappa shape index (κ3) is 9.58. The minimum absolute atomic E-state index is 0.0336. The standard InChI is InChI=1S/C83H78N4O/c1-79(2,3)56-35-37-57(38-36-56)83(71-31-21-19-29-65(71)66-30-20-22-32-72(66)83)61-45-62(51-64(46-61)88-63-40-42-68-67-41-39-58(80(4,5)6)49-75(67)87(76(68)52-63)77-50-59(43-44-84-77)81(7,8)9)85-53-86(74-34-24-23-33-73(74)85)78-69(54-25-15-13-16-26-54)47-60(82(10,11)12)48-70(78)55-27-17-14-18-28-55/h13-52H,53H2,1-12H3. The van der Waals surface area contributed by atoms with E-state index in [9.17, 15) is 0 Å². The second-order valence-electron chi connectivity index (χ2n) is 28.5. The third-order valence-electron chi connectivity index (χ3n) is 18.6. The zero-order chi connectivity index (χ0) is 61.1. The Kier molecular flexibility index (Phi) is 13.4. The van der Waals surface area contributed by atoms with E-state index in [0.717, 1.165) is 56.4 Å². The SMILES string of the molecule is CC(C)(C)c1ccc(C2(c3cc(Oc4ccc5c6ccc(C(C)(C)C)cc6n(-c6cc(C(C)(C)C)ccn6)c5c4)cc(N4CN(c5c(-c6ccccc6)cc(C(C)(C)C)cc5-c5ccccc5)c5ccccc54)c3)c3ccccc3-c3ccccc32)cc1. The summed E-state index contributed by atoms with van der Waals surface area (Å²) in [5.41, 5.74) is 22.7. The molecule has 0 atom stereocenters. The normalized spacial score (nSPS) is 13.9. The molecule has 0 bridgehead atoms. The first-order valence-corrected chi connectivity index (χ1v) is 31.3. The van der Waals surface area contributed by atoms with Gasteiger partial charge in [-0.2, -0.15) is 0 Å². The van der Waals surface area contributed by atoms with Gasteiger partial charge in [-0.25, -0.2) is 4.98 Å². The van der Waals surface area contributed by atoms with Crippen LogP contribution >= 0.6 is 0 Å². The van der Waals surface area contributed by atoms with Crippen LogP contribution in [-0.4, -0.2) is 16.2 Å². The molecular weight excluding hydrogens is 1070 g/mol. The third-order valence-corrected chi connectivity index (χ3v) is 18.6. The van der Waals surface area contributed by atoms with E-state index in [0.29, 0.717) is 6.67 Å². The van der Waals surface area contributed by atoms with Crippen LogP contribution in [0.15, 0.2) is 243 Å². The maximum atomic E-state index is 7.57. The molecule has 5 nitrogen and oxygen atoms in total. The van der Waals surface area contributed by atoms with Crippen molar-refractivity contribution in [2.45, 2.75) is 110 Å². The molecule has 0 spiro atoms. The Bertz CT molecular complexity index is 4550. The molecule has 0 unspecified atom stereocenters. The lowest BCUT2D eigenvalue weighted by atomic mass is 9.67. The van der Waals surface area contributed by atoms with Crippen LogP contribution in [0.3, 0.4) is 0 Å². The fourth-order valence-corrected chi connectivity index (χ4v) is 13.8. The molecule has 2 aliphatic rings. The average molecular weight is 1150 g/mol. The number of nitrogens with zero attached hydrogens (tertiary/aromatic N) is 4. The summed E-state index contributed by atoms with van der Waals surface area (Å²) in [6.45, 7) is 28.1. The highest BCUT2D eigenvalue weighted by atomic mass is 16.5. The van der Waals surface area contributed by atoms with Gasteiger partial charge in [-0.3, -0.25) is 4.57 Å². The van der Waals surface area contributed by atoms with Crippen molar-refractivity contribution in [3.63, 3.8) is 0 Å². The van der Waals surface area contributed by atoms with Crippen molar-refractivity contribution in [2.24, 2.45) is 0 Å². The highest BCUT2D eigenvalue weighted by molar-refractivity contribution is 6.10. The first kappa shape index (κ1) is 56.4. The number of benzene rings is 10. The van der Waals surface area contributed by atoms with Gasteiger partial charge in [0, 0.05) is 45.9 Å². The molecule has 12 aromatic rings. The minimum atomic E-state index is -0.731. The molecule has 5 heteroatoms. The molecule has 0 saturated heterocycles. The molecule has 3 heterocycles. The summed E-state index contributed by atoms with van der Waals surface area (Å²) in [6, 6.07) is 88.4. The zero-order valence-electron chi connectivity index (χ0n) is 53.0. The molecule has 0 amide bonds. The second-order valence-corrected chi connectivity index (χ2v) is 28.5. The number of para-hydroxylation sites is 2. The van der Waals surface area contributed by atoms with E-state index in [-0.39, 0.29) is 21.7 Å². The molecule has 88 heavy (non-hydrogen) atoms. The van der Waals surface area contributed by atoms with Crippen molar-refractivity contribution in [3.8, 4) is 50.7 Å². The number of ether oxygens (including phenoxy) is 1. The van der Waals surface area contributed by atoms with Crippen LogP contribution in [0, 0.1) is 0 Å². The van der Waals surface area contributed by atoms with Gasteiger partial charge >= 0.3 is 0 Å². The maximum Gasteiger partial charge on any atom is 0.137 e. The molecule has 0 N–H and O–H groups in total. The van der Waals surface area contributed by atoms with Crippen molar-refractivity contribution < 1.29 is 4.74 Å². The van der Waals surface area contributed by atoms with E-state index in [4.69, 9.17) is 9.72 Å². The van der Waals surface area contributed by atoms with Crippen LogP contribution in [0.2, 0.25) is 0 Å². The quantitative estimate of drug-likeness (QED) is 0.144. The topological polar surface area (TPSA) is 33.5 Å². The molecule has 0 saturated carbocycles. The van der Waals surface area contributed by atoms with Gasteiger partial charge < -0.3 is 14.5 Å². The summed E-state index contributed by atoms with van der Waals surface area (Å²) in [7, 11) is 0. The first-order valence-electron chi connectivity index (χ1n) is 31.3. The van der Waals surface area contributed by atoms with Crippen LogP contribution in [-0.2, 0) is 27.1 Å². The smallest absolute Gasteiger partial charge is 0.137 e. The van der Waals surface area contributed by atoms with Crippen LogP contribution in [0.5, 0.6) is 11.5 Å². The van der Waals surface area contributed by atoms with Crippen LogP contribution in [0.1, 0.15) is 128 Å². The zero-order valence-corrected chi connectivity index (χ0v) is 53.0. The largest absolute Gasteiger partial charge is 0.457 e. The maximum absolute atomic E-state index is 7.57. The average Bonchev–Trinajstić information content (AvgIpc) is 1.55. The summed E-state index contributed by atoms with van der Waals surface area (Å²) in [5.74, 6) is 2.36. The van der Waals surface area contributed by atoms with Crippen molar-refractivity contribution in [1.29, 1.82) is 0 Å². The number of rotatable bonds is 9. The highest BCUT2D eigenvalue weighted by Gasteiger charge is 2.47. The molecular formula is C83H78N4O. The molecule has 10 aromatic carbocycles. The Morgan fingerprint density at radius 3 is 1.45 bits per heavy atom. The lowest BCUT2D eigenvalue weighted by Gasteiger charge is -2.35. The van der Waals surface area contributed by atoms with Gasteiger partial charge in [0.05, 0.1) is 33.5 Å². The van der Waals surface area contributed by atoms with E-state index in [1.807, 2.05) is 6.20 Å². The molecule has 14 rings (SSSR count). The highest BCUT2D eigenvalue weighted by Crippen LogP contribution is 2.59. The number of aromatic nitrogens is 2. The predicted octanol–water partition coefficient (Wildman–Crippen LogP) is 22.1. The lowest BCUT2D eigenvalue weighted by molar-refractivity contribution is 0.482. The minimum Gasteiger partial charge on any atom is -0.457 e. The predicted molar refractivity (Wildman–Crippen MR) is 370 cm³/mol. The number of anilines is 4. The summed E-state index contributed by atoms with van der Waals surface area (Å²) in [4.78, 5) is 10.2. The Morgan fingerprint density at radius 2 is 0.875 bits per heavy atom. The summed E-state index contributed by atoms with van der Waals surface area (Å²) >= 11 is 0. The van der Waals surface area contributed by atoms with Crippen LogP contribution in [0.4, 0.5) is 22.7 Å². The van der Waals surface area contributed by atoms with Gasteiger partial charge in [-0.1, -0.05) is 241 Å². The van der Waals surface area contributed by atoms with Crippen molar-refractivity contribution in [1.82, 2.24) is 9.55 Å². The number of hydrogen-bond donors (Lipinski definition) is 0. The van der Waals surface area contributed by atoms with E-state index in [2.05, 4.69) is 334 Å². The summed E-state index contributed by atoms with van der Waals surface area (Å²) < 4.78 is 9.93. The molecule has 0 radical (unpaired) electrons. The monoisotopic (exact) mass is 1150 g/mol. The Hall–Kier alpha value is -9.45. The van der Waals surface area contributed by atoms with E-state index >= 15 is 0 Å². The summed E-state index contributed by atoms with van der Waals surface area (Å²) in [6.07, 6.45) is 1.96. The van der Waals surface area contributed by atoms with E-state index in [1.54, 1.807) is 0 Å². The van der Waals surface area contributed by atoms with Gasteiger partial charge in [0.2, 0.25) is 0 Å². The van der Waals surface area contributed by atoms with Crippen molar-refractivity contribution in [2.75, 3.05) is 16.5 Å². The Balaban J connectivity index is 1.02. The van der Waals surface area contributed by atoms with Crippen molar-refractivity contribution >= 4 is 44.6 Å². The lowest BCUT2D eigenvalue weighted by Crippen LogP contribution is -2.30. The van der Waals surface area contributed by atoms with E-state index in [1.165, 1.54) is 83.4 Å². The summed E-state index contributed by atoms with van der Waals surface area (Å²) in [5, 5.41) is 2.32. The van der Waals surface area contributed by atoms with Crippen LogP contribution in [0.25, 0.3) is 61.0 Å². The number of fused-ring (bicyclic) bond motifs is 7. The fraction of sp³-hybridized carbons (Fsp3) is 0.217. The molecule has 1 aliphatic carbocycles. The van der Waals surface area contributed by atoms with Gasteiger partial charge in [0.1, 0.15) is 24.0 Å². The Morgan fingerprint density at radius 1 is 0.375 bits per heavy atom. The fourth-order valence-electron chi connectivity index (χ4n) is 13.8. The second kappa shape index (κ2) is 20.9. The van der Waals surface area contributed by atoms with E-state index < -0.39 is 5.41 Å². The molecule has 0 fully saturated rings. The van der Waals surface area contributed by atoms with Crippen LogP contribution < -0.4 is 14.5 Å². The molecule has 2 aromatic heterocycles. The number of pyridine rings is 1. The first-order chi connectivity index (χ1) is 42.1. The van der Waals surface area contributed by atoms with Gasteiger partial charge in [0.15, 0.2) is 0 Å². The van der Waals surface area contributed by atoms with Gasteiger partial charge in [-0.15, -0.1) is 0 Å². The number of hydrogen-bond acceptors (Lipinski definition) is 4. The molecule has 436 valence electrons. The van der Waals surface area contributed by atoms with Gasteiger partial charge in [-0.05, 0) is 155 Å². The molecule has 1 aliphatic heterocycles. The van der Waals surface area contributed by atoms with Crippen molar-refractivity contribution in [3.05, 3.63) is 287 Å².